The Morgan fingerprint density at radius 1 is 1.20 bits per heavy atom. The lowest BCUT2D eigenvalue weighted by Crippen LogP contribution is -2.57. The summed E-state index contributed by atoms with van der Waals surface area (Å²) in [6.45, 7) is 5.39. The number of carboxylic acid groups (broad SMARTS) is 1. The molecule has 116 valence electrons. The fourth-order valence-corrected chi connectivity index (χ4v) is 2.78. The molecule has 0 aromatic heterocycles. The highest BCUT2D eigenvalue weighted by Crippen LogP contribution is 2.35. The highest BCUT2D eigenvalue weighted by molar-refractivity contribution is 5.82. The van der Waals surface area contributed by atoms with Crippen molar-refractivity contribution in [1.82, 2.24) is 0 Å². The first-order valence-electron chi connectivity index (χ1n) is 7.39. The van der Waals surface area contributed by atoms with Crippen LogP contribution in [0, 0.1) is 5.92 Å². The molecular formula is C15H27NO4. The Morgan fingerprint density at radius 3 is 2.20 bits per heavy atom. The molecule has 20 heavy (non-hydrogen) atoms. The predicted molar refractivity (Wildman–Crippen MR) is 76.2 cm³/mol. The molecular weight excluding hydrogens is 258 g/mol. The smallest absolute Gasteiger partial charge is 0.326 e. The van der Waals surface area contributed by atoms with Gasteiger partial charge in [0.2, 0.25) is 0 Å². The summed E-state index contributed by atoms with van der Waals surface area (Å²) in [5.41, 5.74) is 4.55. The average molecular weight is 285 g/mol. The zero-order valence-corrected chi connectivity index (χ0v) is 12.8. The standard InChI is InChI=1S/C15H27NO4/c1-14(2,3)20-13(19)15(16,10-9-12(17)18)11-7-5-4-6-8-11/h11H,4-10,16H2,1-3H3,(H,17,18)/t15-/m0/s1. The van der Waals surface area contributed by atoms with E-state index < -0.39 is 23.1 Å². The van der Waals surface area contributed by atoms with Gasteiger partial charge in [-0.15, -0.1) is 0 Å². The van der Waals surface area contributed by atoms with E-state index in [0.29, 0.717) is 0 Å². The Kier molecular flexibility index (Phi) is 5.57. The van der Waals surface area contributed by atoms with Crippen LogP contribution in [0.3, 0.4) is 0 Å². The third-order valence-corrected chi connectivity index (χ3v) is 3.87. The van der Waals surface area contributed by atoms with Crippen LogP contribution in [0.4, 0.5) is 0 Å². The largest absolute Gasteiger partial charge is 0.481 e. The molecule has 0 spiro atoms. The molecule has 3 N–H and O–H groups in total. The van der Waals surface area contributed by atoms with E-state index >= 15 is 0 Å². The molecule has 1 saturated carbocycles. The Labute approximate surface area is 120 Å². The first kappa shape index (κ1) is 17.0. The van der Waals surface area contributed by atoms with E-state index in [1.807, 2.05) is 0 Å². The topological polar surface area (TPSA) is 89.6 Å². The van der Waals surface area contributed by atoms with Crippen molar-refractivity contribution >= 4 is 11.9 Å². The van der Waals surface area contributed by atoms with Gasteiger partial charge in [0.05, 0.1) is 0 Å². The third-order valence-electron chi connectivity index (χ3n) is 3.87. The molecule has 1 aliphatic carbocycles. The Bertz CT molecular complexity index is 355. The molecule has 0 heterocycles. The molecule has 0 amide bonds. The molecule has 0 bridgehead atoms. The lowest BCUT2D eigenvalue weighted by atomic mass is 9.73. The minimum atomic E-state index is -1.17. The second kappa shape index (κ2) is 6.57. The maximum atomic E-state index is 12.5. The molecule has 0 aromatic rings. The Balaban J connectivity index is 2.86. The normalized spacial score (nSPS) is 20.2. The van der Waals surface area contributed by atoms with Gasteiger partial charge < -0.3 is 15.6 Å². The van der Waals surface area contributed by atoms with E-state index in [2.05, 4.69) is 0 Å². The number of carbonyl (C=O) groups excluding carboxylic acids is 1. The van der Waals surface area contributed by atoms with Gasteiger partial charge in [0.25, 0.3) is 0 Å². The number of carbonyl (C=O) groups is 2. The van der Waals surface area contributed by atoms with Gasteiger partial charge in [-0.05, 0) is 46.0 Å². The molecule has 0 unspecified atom stereocenters. The Morgan fingerprint density at radius 2 is 1.75 bits per heavy atom. The molecule has 5 heteroatoms. The second-order valence-corrected chi connectivity index (χ2v) is 6.77. The molecule has 1 aliphatic rings. The van der Waals surface area contributed by atoms with Crippen molar-refractivity contribution in [3.05, 3.63) is 0 Å². The van der Waals surface area contributed by atoms with E-state index in [1.165, 1.54) is 0 Å². The lowest BCUT2D eigenvalue weighted by Gasteiger charge is -2.39. The zero-order valence-electron chi connectivity index (χ0n) is 12.8. The highest BCUT2D eigenvalue weighted by Gasteiger charge is 2.45. The van der Waals surface area contributed by atoms with E-state index in [4.69, 9.17) is 15.6 Å². The van der Waals surface area contributed by atoms with Gasteiger partial charge in [-0.1, -0.05) is 19.3 Å². The molecule has 0 aromatic carbocycles. The van der Waals surface area contributed by atoms with E-state index in [0.717, 1.165) is 32.1 Å². The van der Waals surface area contributed by atoms with Crippen molar-refractivity contribution in [2.75, 3.05) is 0 Å². The summed E-state index contributed by atoms with van der Waals surface area (Å²) in [7, 11) is 0. The number of carboxylic acids is 1. The van der Waals surface area contributed by atoms with Gasteiger partial charge in [-0.3, -0.25) is 9.59 Å². The first-order valence-corrected chi connectivity index (χ1v) is 7.39. The second-order valence-electron chi connectivity index (χ2n) is 6.77. The molecule has 1 atom stereocenters. The van der Waals surface area contributed by atoms with Crippen molar-refractivity contribution in [2.45, 2.75) is 76.9 Å². The zero-order chi connectivity index (χ0) is 15.4. The molecule has 5 nitrogen and oxygen atoms in total. The van der Waals surface area contributed by atoms with Crippen molar-refractivity contribution < 1.29 is 19.4 Å². The number of nitrogens with two attached hydrogens (primary N) is 1. The number of hydrogen-bond donors (Lipinski definition) is 2. The van der Waals surface area contributed by atoms with Gasteiger partial charge in [0.15, 0.2) is 0 Å². The van der Waals surface area contributed by atoms with E-state index in [9.17, 15) is 9.59 Å². The minimum absolute atomic E-state index is 0.0189. The van der Waals surface area contributed by atoms with Crippen LogP contribution < -0.4 is 5.73 Å². The van der Waals surface area contributed by atoms with Gasteiger partial charge in [-0.25, -0.2) is 0 Å². The molecule has 0 radical (unpaired) electrons. The van der Waals surface area contributed by atoms with Gasteiger partial charge in [0, 0.05) is 6.42 Å². The summed E-state index contributed by atoms with van der Waals surface area (Å²) in [6, 6.07) is 0. The summed E-state index contributed by atoms with van der Waals surface area (Å²) < 4.78 is 5.43. The molecule has 1 rings (SSSR count). The monoisotopic (exact) mass is 285 g/mol. The van der Waals surface area contributed by atoms with E-state index in [1.54, 1.807) is 20.8 Å². The van der Waals surface area contributed by atoms with Crippen molar-refractivity contribution in [1.29, 1.82) is 0 Å². The van der Waals surface area contributed by atoms with Crippen LogP contribution >= 0.6 is 0 Å². The van der Waals surface area contributed by atoms with E-state index in [-0.39, 0.29) is 18.8 Å². The lowest BCUT2D eigenvalue weighted by molar-refractivity contribution is -0.165. The summed E-state index contributed by atoms with van der Waals surface area (Å²) in [4.78, 5) is 23.3. The number of ether oxygens (including phenoxy) is 1. The highest BCUT2D eigenvalue weighted by atomic mass is 16.6. The average Bonchev–Trinajstić information content (AvgIpc) is 2.35. The maximum absolute atomic E-state index is 12.5. The fourth-order valence-electron chi connectivity index (χ4n) is 2.78. The first-order chi connectivity index (χ1) is 9.15. The third kappa shape index (κ3) is 4.78. The minimum Gasteiger partial charge on any atom is -0.481 e. The number of hydrogen-bond acceptors (Lipinski definition) is 4. The quantitative estimate of drug-likeness (QED) is 0.757. The van der Waals surface area contributed by atoms with Gasteiger partial charge in [-0.2, -0.15) is 0 Å². The van der Waals surface area contributed by atoms with Gasteiger partial charge >= 0.3 is 11.9 Å². The van der Waals surface area contributed by atoms with Crippen molar-refractivity contribution in [2.24, 2.45) is 11.7 Å². The molecule has 1 fully saturated rings. The van der Waals surface area contributed by atoms with Gasteiger partial charge in [0.1, 0.15) is 11.1 Å². The molecule has 0 saturated heterocycles. The Hall–Kier alpha value is -1.10. The summed E-state index contributed by atoms with van der Waals surface area (Å²) in [5.74, 6) is -1.37. The van der Waals surface area contributed by atoms with Crippen LogP contribution in [0.25, 0.3) is 0 Å². The summed E-state index contributed by atoms with van der Waals surface area (Å²) in [5, 5.41) is 8.88. The van der Waals surface area contributed by atoms with Crippen LogP contribution in [0.5, 0.6) is 0 Å². The fraction of sp³-hybridized carbons (Fsp3) is 0.867. The number of aliphatic carboxylic acids is 1. The number of esters is 1. The molecule has 0 aliphatic heterocycles. The SMILES string of the molecule is CC(C)(C)OC(=O)[C@](N)(CCC(=O)O)C1CCCCC1. The number of rotatable bonds is 5. The van der Waals surface area contributed by atoms with Crippen LogP contribution in [0.1, 0.15) is 65.7 Å². The van der Waals surface area contributed by atoms with Crippen LogP contribution in [0.15, 0.2) is 0 Å². The summed E-state index contributed by atoms with van der Waals surface area (Å²) in [6.07, 6.45) is 5.01. The summed E-state index contributed by atoms with van der Waals surface area (Å²) >= 11 is 0. The maximum Gasteiger partial charge on any atom is 0.326 e. The van der Waals surface area contributed by atoms with Crippen molar-refractivity contribution in [3.63, 3.8) is 0 Å². The van der Waals surface area contributed by atoms with Crippen LogP contribution in [-0.2, 0) is 14.3 Å². The van der Waals surface area contributed by atoms with Crippen molar-refractivity contribution in [3.8, 4) is 0 Å². The van der Waals surface area contributed by atoms with Crippen LogP contribution in [0.2, 0.25) is 0 Å². The predicted octanol–water partition coefficient (Wildman–Crippen LogP) is 2.47. The van der Waals surface area contributed by atoms with Crippen LogP contribution in [-0.4, -0.2) is 28.2 Å².